The Morgan fingerprint density at radius 1 is 1.38 bits per heavy atom. The molecule has 116 valence electrons. The third-order valence-electron chi connectivity index (χ3n) is 3.19. The molecule has 4 atom stereocenters. The summed E-state index contributed by atoms with van der Waals surface area (Å²) in [6, 6.07) is 7.94. The van der Waals surface area contributed by atoms with Crippen LogP contribution in [0.1, 0.15) is 13.3 Å². The van der Waals surface area contributed by atoms with Crippen molar-refractivity contribution in [1.82, 2.24) is 5.32 Å². The number of aliphatic hydroxyl groups excluding tert-OH is 2. The quantitative estimate of drug-likeness (QED) is 0.550. The largest absolute Gasteiger partial charge is 0.463 e. The monoisotopic (exact) mass is 297 g/mol. The summed E-state index contributed by atoms with van der Waals surface area (Å²) in [5, 5.41) is 31.1. The predicted molar refractivity (Wildman–Crippen MR) is 72.2 cm³/mol. The minimum absolute atomic E-state index is 0.0166. The lowest BCUT2D eigenvalue weighted by Gasteiger charge is -2.40. The van der Waals surface area contributed by atoms with Gasteiger partial charge in [0.2, 0.25) is 12.2 Å². The van der Waals surface area contributed by atoms with E-state index in [0.29, 0.717) is 5.75 Å². The molecule has 0 radical (unpaired) electrons. The molecule has 0 spiro atoms. The Balaban J connectivity index is 2.15. The normalized spacial score (nSPS) is 29.2. The molecule has 0 bridgehead atoms. The van der Waals surface area contributed by atoms with Crippen molar-refractivity contribution >= 4 is 5.91 Å². The summed E-state index contributed by atoms with van der Waals surface area (Å²) < 4.78 is 11.0. The van der Waals surface area contributed by atoms with Crippen molar-refractivity contribution in [2.75, 3.05) is 0 Å². The highest BCUT2D eigenvalue weighted by molar-refractivity contribution is 5.73. The van der Waals surface area contributed by atoms with Crippen LogP contribution >= 0.6 is 0 Å². The summed E-state index contributed by atoms with van der Waals surface area (Å²) in [7, 11) is 0. The second kappa shape index (κ2) is 6.86. The average molecular weight is 297 g/mol. The number of aliphatic hydroxyl groups is 3. The molecule has 1 amide bonds. The minimum atomic E-state index is -1.74. The molecule has 1 aliphatic heterocycles. The lowest BCUT2D eigenvalue weighted by atomic mass is 9.99. The Morgan fingerprint density at radius 2 is 2.05 bits per heavy atom. The third kappa shape index (κ3) is 4.15. The zero-order valence-electron chi connectivity index (χ0n) is 11.5. The molecule has 0 saturated carbocycles. The molecule has 0 aliphatic carbocycles. The number of amides is 1. The van der Waals surface area contributed by atoms with Gasteiger partial charge in [-0.25, -0.2) is 0 Å². The van der Waals surface area contributed by atoms with E-state index in [0.717, 1.165) is 0 Å². The van der Waals surface area contributed by atoms with E-state index >= 15 is 0 Å². The predicted octanol–water partition coefficient (Wildman–Crippen LogP) is -0.643. The lowest BCUT2D eigenvalue weighted by Crippen LogP contribution is -2.60. The topological polar surface area (TPSA) is 108 Å². The molecule has 4 N–H and O–H groups in total. The van der Waals surface area contributed by atoms with Gasteiger partial charge in [0.05, 0.1) is 6.10 Å². The molecule has 0 aromatic heterocycles. The average Bonchev–Trinajstić information content (AvgIpc) is 2.43. The summed E-state index contributed by atoms with van der Waals surface area (Å²) in [4.78, 5) is 11.2. The smallest absolute Gasteiger partial charge is 0.223 e. The molecule has 1 fully saturated rings. The van der Waals surface area contributed by atoms with E-state index in [2.05, 4.69) is 5.32 Å². The number of hydrogen-bond donors (Lipinski definition) is 4. The fraction of sp³-hybridized carbons (Fsp3) is 0.500. The Bertz CT molecular complexity index is 466. The number of rotatable bonds is 4. The second-order valence-corrected chi connectivity index (χ2v) is 4.92. The molecule has 1 aromatic carbocycles. The number of benzene rings is 1. The van der Waals surface area contributed by atoms with Crippen molar-refractivity contribution in [3.8, 4) is 5.75 Å². The molecule has 2 rings (SSSR count). The van der Waals surface area contributed by atoms with Gasteiger partial charge in [-0.1, -0.05) is 18.2 Å². The maximum absolute atomic E-state index is 11.2. The first-order chi connectivity index (χ1) is 9.97. The summed E-state index contributed by atoms with van der Waals surface area (Å²) in [6.07, 6.45) is -4.77. The minimum Gasteiger partial charge on any atom is -0.463 e. The second-order valence-electron chi connectivity index (χ2n) is 4.92. The maximum Gasteiger partial charge on any atom is 0.223 e. The Hall–Kier alpha value is -1.67. The Morgan fingerprint density at radius 3 is 2.62 bits per heavy atom. The SMILES string of the molecule is CC(=O)N[C@H]1[C@H](Oc2ccccc2)O[C@H](C(O)O)C[C@@H]1O. The molecular weight excluding hydrogens is 278 g/mol. The number of carbonyl (C=O) groups is 1. The standard InChI is InChI=1S/C14H19NO6/c1-8(16)15-12-10(17)7-11(13(18)19)21-14(12)20-9-5-3-2-4-6-9/h2-6,10-14,17-19H,7H2,1H3,(H,15,16)/t10-,11-,12+,14+/m0/s1. The Kier molecular flexibility index (Phi) is 5.13. The molecule has 7 nitrogen and oxygen atoms in total. The lowest BCUT2D eigenvalue weighted by molar-refractivity contribution is -0.250. The van der Waals surface area contributed by atoms with Crippen molar-refractivity contribution < 1.29 is 29.6 Å². The third-order valence-corrected chi connectivity index (χ3v) is 3.19. The van der Waals surface area contributed by atoms with Crippen molar-refractivity contribution in [1.29, 1.82) is 0 Å². The summed E-state index contributed by atoms with van der Waals surface area (Å²) in [5.74, 6) is 0.144. The van der Waals surface area contributed by atoms with E-state index in [1.165, 1.54) is 6.92 Å². The van der Waals surface area contributed by atoms with E-state index in [-0.39, 0.29) is 12.3 Å². The highest BCUT2D eigenvalue weighted by atomic mass is 16.7. The molecule has 21 heavy (non-hydrogen) atoms. The van der Waals surface area contributed by atoms with E-state index in [4.69, 9.17) is 9.47 Å². The van der Waals surface area contributed by atoms with Crippen molar-refractivity contribution in [3.05, 3.63) is 30.3 Å². The van der Waals surface area contributed by atoms with Gasteiger partial charge in [0.15, 0.2) is 6.29 Å². The summed E-state index contributed by atoms with van der Waals surface area (Å²) in [6.45, 7) is 1.32. The van der Waals surface area contributed by atoms with Gasteiger partial charge in [0.1, 0.15) is 17.9 Å². The Labute approximate surface area is 122 Å². The van der Waals surface area contributed by atoms with Crippen molar-refractivity contribution in [3.63, 3.8) is 0 Å². The van der Waals surface area contributed by atoms with Crippen molar-refractivity contribution in [2.45, 2.75) is 44.2 Å². The van der Waals surface area contributed by atoms with Crippen LogP contribution in [0.2, 0.25) is 0 Å². The van der Waals surface area contributed by atoms with E-state index in [1.807, 2.05) is 6.07 Å². The maximum atomic E-state index is 11.2. The molecule has 7 heteroatoms. The van der Waals surface area contributed by atoms with Gasteiger partial charge >= 0.3 is 0 Å². The van der Waals surface area contributed by atoms with Crippen LogP contribution in [0.15, 0.2) is 30.3 Å². The first-order valence-corrected chi connectivity index (χ1v) is 6.66. The van der Waals surface area contributed by atoms with Gasteiger partial charge in [0.25, 0.3) is 0 Å². The number of ether oxygens (including phenoxy) is 2. The number of carbonyl (C=O) groups excluding carboxylic acids is 1. The van der Waals surface area contributed by atoms with Crippen LogP contribution in [0.4, 0.5) is 0 Å². The summed E-state index contributed by atoms with van der Waals surface area (Å²) >= 11 is 0. The number of para-hydroxylation sites is 1. The van der Waals surface area contributed by atoms with Gasteiger partial charge in [0, 0.05) is 13.3 Å². The van der Waals surface area contributed by atoms with E-state index < -0.39 is 30.8 Å². The number of nitrogens with one attached hydrogen (secondary N) is 1. The molecule has 1 aliphatic rings. The first-order valence-electron chi connectivity index (χ1n) is 6.66. The van der Waals surface area contributed by atoms with Gasteiger partial charge in [-0.05, 0) is 12.1 Å². The fourth-order valence-corrected chi connectivity index (χ4v) is 2.20. The zero-order chi connectivity index (χ0) is 15.4. The van der Waals surface area contributed by atoms with Crippen LogP contribution in [-0.4, -0.2) is 52.1 Å². The van der Waals surface area contributed by atoms with Gasteiger partial charge in [-0.15, -0.1) is 0 Å². The van der Waals surface area contributed by atoms with Crippen LogP contribution in [0.3, 0.4) is 0 Å². The van der Waals surface area contributed by atoms with E-state index in [1.54, 1.807) is 24.3 Å². The molecule has 1 aromatic rings. The van der Waals surface area contributed by atoms with Crippen molar-refractivity contribution in [2.24, 2.45) is 0 Å². The molecule has 1 heterocycles. The summed E-state index contributed by atoms with van der Waals surface area (Å²) in [5.41, 5.74) is 0. The van der Waals surface area contributed by atoms with E-state index in [9.17, 15) is 20.1 Å². The van der Waals surface area contributed by atoms with Crippen LogP contribution < -0.4 is 10.1 Å². The zero-order valence-corrected chi connectivity index (χ0v) is 11.5. The fourth-order valence-electron chi connectivity index (χ4n) is 2.20. The highest BCUT2D eigenvalue weighted by Gasteiger charge is 2.42. The van der Waals surface area contributed by atoms with Gasteiger partial charge in [-0.2, -0.15) is 0 Å². The molecule has 1 saturated heterocycles. The van der Waals surface area contributed by atoms with Gasteiger partial charge < -0.3 is 30.1 Å². The highest BCUT2D eigenvalue weighted by Crippen LogP contribution is 2.25. The van der Waals surface area contributed by atoms with Crippen LogP contribution in [0, 0.1) is 0 Å². The first kappa shape index (κ1) is 15.7. The van der Waals surface area contributed by atoms with Crippen LogP contribution in [-0.2, 0) is 9.53 Å². The van der Waals surface area contributed by atoms with Gasteiger partial charge in [-0.3, -0.25) is 4.79 Å². The molecular formula is C14H19NO6. The number of hydrogen-bond acceptors (Lipinski definition) is 6. The van der Waals surface area contributed by atoms with Crippen LogP contribution in [0.25, 0.3) is 0 Å². The molecule has 0 unspecified atom stereocenters. The van der Waals surface area contributed by atoms with Crippen LogP contribution in [0.5, 0.6) is 5.75 Å².